The molecule has 0 amide bonds. The Kier molecular flexibility index (Phi) is 6.23. The molecular weight excluding hydrogens is 328 g/mol. The molecule has 0 unspecified atom stereocenters. The van der Waals surface area contributed by atoms with Crippen LogP contribution in [0.15, 0.2) is 42.5 Å². The molecule has 0 saturated carbocycles. The molecule has 1 aliphatic heterocycles. The summed E-state index contributed by atoms with van der Waals surface area (Å²) in [6, 6.07) is 14.4. The number of anilines is 1. The van der Waals surface area contributed by atoms with E-state index in [9.17, 15) is 0 Å². The Balaban J connectivity index is 1.65. The van der Waals surface area contributed by atoms with E-state index in [1.807, 2.05) is 25.1 Å². The van der Waals surface area contributed by atoms with Gasteiger partial charge in [-0.05, 0) is 31.2 Å². The molecule has 26 heavy (non-hydrogen) atoms. The fraction of sp³-hybridized carbons (Fsp3) is 0.429. The minimum Gasteiger partial charge on any atom is -0.493 e. The van der Waals surface area contributed by atoms with Gasteiger partial charge in [-0.25, -0.2) is 0 Å². The molecule has 1 saturated heterocycles. The Bertz CT molecular complexity index is 712. The minimum atomic E-state index is 0.692. The van der Waals surface area contributed by atoms with Crippen molar-refractivity contribution in [2.24, 2.45) is 0 Å². The second-order valence-corrected chi connectivity index (χ2v) is 6.47. The van der Waals surface area contributed by atoms with Gasteiger partial charge in [0.25, 0.3) is 0 Å². The number of rotatable bonds is 7. The van der Waals surface area contributed by atoms with Crippen molar-refractivity contribution < 1.29 is 19.1 Å². The maximum absolute atomic E-state index is 5.79. The fourth-order valence-corrected chi connectivity index (χ4v) is 3.60. The molecule has 0 bridgehead atoms. The Morgan fingerprint density at radius 3 is 2.35 bits per heavy atom. The molecule has 0 aliphatic carbocycles. The summed E-state index contributed by atoms with van der Waals surface area (Å²) in [6.07, 6.45) is 0. The van der Waals surface area contributed by atoms with Gasteiger partial charge in [-0.1, -0.05) is 18.2 Å². The average molecular weight is 357 g/mol. The van der Waals surface area contributed by atoms with Crippen LogP contribution in [0.3, 0.4) is 0 Å². The van der Waals surface area contributed by atoms with Gasteiger partial charge in [0.1, 0.15) is 12.3 Å². The molecule has 0 atom stereocenters. The van der Waals surface area contributed by atoms with Crippen LogP contribution in [0.5, 0.6) is 17.2 Å². The molecule has 0 aromatic heterocycles. The average Bonchev–Trinajstić information content (AvgIpc) is 2.69. The van der Waals surface area contributed by atoms with Gasteiger partial charge in [0, 0.05) is 0 Å². The summed E-state index contributed by atoms with van der Waals surface area (Å²) in [4.78, 5) is 3.99. The summed E-state index contributed by atoms with van der Waals surface area (Å²) in [7, 11) is 3.39. The SMILES string of the molecule is CCOc1ccccc1N1CC[NH+](Cc2cccc(OC)c2OC)CC1. The van der Waals surface area contributed by atoms with Crippen LogP contribution in [-0.2, 0) is 6.54 Å². The number of hydrogen-bond acceptors (Lipinski definition) is 4. The first-order chi connectivity index (χ1) is 12.8. The molecule has 1 aliphatic rings. The lowest BCUT2D eigenvalue weighted by molar-refractivity contribution is -0.914. The third kappa shape index (κ3) is 4.05. The van der Waals surface area contributed by atoms with Crippen LogP contribution in [0.4, 0.5) is 5.69 Å². The highest BCUT2D eigenvalue weighted by molar-refractivity contribution is 5.58. The number of piperazine rings is 1. The van der Waals surface area contributed by atoms with E-state index in [0.29, 0.717) is 6.61 Å². The lowest BCUT2D eigenvalue weighted by Gasteiger charge is -2.34. The van der Waals surface area contributed by atoms with E-state index in [-0.39, 0.29) is 0 Å². The summed E-state index contributed by atoms with van der Waals surface area (Å²) in [5.41, 5.74) is 2.40. The van der Waals surface area contributed by atoms with E-state index >= 15 is 0 Å². The summed E-state index contributed by atoms with van der Waals surface area (Å²) >= 11 is 0. The molecule has 0 spiro atoms. The van der Waals surface area contributed by atoms with Crippen molar-refractivity contribution in [1.82, 2.24) is 0 Å². The van der Waals surface area contributed by atoms with Gasteiger partial charge < -0.3 is 24.0 Å². The zero-order valence-electron chi connectivity index (χ0n) is 16.0. The molecular formula is C21H29N2O3+. The molecule has 1 heterocycles. The van der Waals surface area contributed by atoms with Crippen LogP contribution in [0.25, 0.3) is 0 Å². The molecule has 1 fully saturated rings. The smallest absolute Gasteiger partial charge is 0.169 e. The van der Waals surface area contributed by atoms with E-state index in [0.717, 1.165) is 50.0 Å². The highest BCUT2D eigenvalue weighted by Crippen LogP contribution is 2.30. The van der Waals surface area contributed by atoms with E-state index in [1.165, 1.54) is 11.3 Å². The highest BCUT2D eigenvalue weighted by atomic mass is 16.5. The maximum atomic E-state index is 5.79. The van der Waals surface area contributed by atoms with Gasteiger partial charge in [0.05, 0.1) is 58.3 Å². The van der Waals surface area contributed by atoms with Crippen LogP contribution in [0.1, 0.15) is 12.5 Å². The van der Waals surface area contributed by atoms with Crippen molar-refractivity contribution in [2.45, 2.75) is 13.5 Å². The number of para-hydroxylation sites is 3. The number of benzene rings is 2. The molecule has 1 N–H and O–H groups in total. The highest BCUT2D eigenvalue weighted by Gasteiger charge is 2.24. The van der Waals surface area contributed by atoms with E-state index in [4.69, 9.17) is 14.2 Å². The molecule has 2 aromatic carbocycles. The second kappa shape index (κ2) is 8.81. The van der Waals surface area contributed by atoms with Gasteiger partial charge in [-0.2, -0.15) is 0 Å². The minimum absolute atomic E-state index is 0.692. The Hall–Kier alpha value is -2.40. The van der Waals surface area contributed by atoms with Crippen LogP contribution in [0.2, 0.25) is 0 Å². The molecule has 5 heteroatoms. The molecule has 140 valence electrons. The molecule has 2 aromatic rings. The number of nitrogens with one attached hydrogen (secondary N) is 1. The number of nitrogens with zero attached hydrogens (tertiary/aromatic N) is 1. The Morgan fingerprint density at radius 1 is 0.923 bits per heavy atom. The summed E-state index contributed by atoms with van der Waals surface area (Å²) < 4.78 is 16.8. The fourth-order valence-electron chi connectivity index (χ4n) is 3.60. The number of quaternary nitrogens is 1. The van der Waals surface area contributed by atoms with Crippen molar-refractivity contribution in [3.05, 3.63) is 48.0 Å². The first kappa shape index (κ1) is 18.4. The van der Waals surface area contributed by atoms with Crippen molar-refractivity contribution in [3.63, 3.8) is 0 Å². The van der Waals surface area contributed by atoms with Gasteiger partial charge >= 0.3 is 0 Å². The molecule has 0 radical (unpaired) electrons. The largest absolute Gasteiger partial charge is 0.493 e. The topological polar surface area (TPSA) is 35.4 Å². The predicted octanol–water partition coefficient (Wildman–Crippen LogP) is 2.01. The summed E-state index contributed by atoms with van der Waals surface area (Å²) in [6.45, 7) is 7.87. The third-order valence-corrected chi connectivity index (χ3v) is 4.90. The zero-order valence-corrected chi connectivity index (χ0v) is 16.0. The first-order valence-corrected chi connectivity index (χ1v) is 9.27. The van der Waals surface area contributed by atoms with Gasteiger partial charge in [-0.15, -0.1) is 0 Å². The van der Waals surface area contributed by atoms with Crippen molar-refractivity contribution in [3.8, 4) is 17.2 Å². The van der Waals surface area contributed by atoms with Gasteiger partial charge in [0.2, 0.25) is 0 Å². The number of methoxy groups -OCH3 is 2. The quantitative estimate of drug-likeness (QED) is 0.822. The van der Waals surface area contributed by atoms with Crippen LogP contribution in [0, 0.1) is 0 Å². The van der Waals surface area contributed by atoms with E-state index in [2.05, 4.69) is 29.2 Å². The maximum Gasteiger partial charge on any atom is 0.169 e. The monoisotopic (exact) mass is 357 g/mol. The lowest BCUT2D eigenvalue weighted by atomic mass is 10.1. The number of hydrogen-bond donors (Lipinski definition) is 1. The van der Waals surface area contributed by atoms with Crippen molar-refractivity contribution in [2.75, 3.05) is 51.9 Å². The standard InChI is InChI=1S/C21H28N2O3/c1-4-26-19-10-6-5-9-18(19)23-14-12-22(13-15-23)16-17-8-7-11-20(24-2)21(17)25-3/h5-11H,4,12-16H2,1-3H3/p+1. The second-order valence-electron chi connectivity index (χ2n) is 6.47. The normalized spacial score (nSPS) is 15.0. The van der Waals surface area contributed by atoms with E-state index < -0.39 is 0 Å². The first-order valence-electron chi connectivity index (χ1n) is 9.27. The van der Waals surface area contributed by atoms with Gasteiger partial charge in [0.15, 0.2) is 11.5 Å². The Morgan fingerprint density at radius 2 is 1.65 bits per heavy atom. The number of ether oxygens (including phenoxy) is 3. The van der Waals surface area contributed by atoms with Crippen LogP contribution in [-0.4, -0.2) is 47.0 Å². The van der Waals surface area contributed by atoms with Crippen molar-refractivity contribution >= 4 is 5.69 Å². The summed E-state index contributed by atoms with van der Waals surface area (Å²) in [5.74, 6) is 2.63. The van der Waals surface area contributed by atoms with Crippen LogP contribution < -0.4 is 24.0 Å². The zero-order chi connectivity index (χ0) is 18.4. The van der Waals surface area contributed by atoms with Crippen molar-refractivity contribution in [1.29, 1.82) is 0 Å². The molecule has 3 rings (SSSR count). The Labute approximate surface area is 156 Å². The van der Waals surface area contributed by atoms with Gasteiger partial charge in [-0.3, -0.25) is 0 Å². The predicted molar refractivity (Wildman–Crippen MR) is 104 cm³/mol. The lowest BCUT2D eigenvalue weighted by Crippen LogP contribution is -3.13. The summed E-state index contributed by atoms with van der Waals surface area (Å²) in [5, 5.41) is 0. The third-order valence-electron chi connectivity index (χ3n) is 4.90. The van der Waals surface area contributed by atoms with E-state index in [1.54, 1.807) is 19.1 Å². The van der Waals surface area contributed by atoms with Crippen LogP contribution >= 0.6 is 0 Å². The molecule has 5 nitrogen and oxygen atoms in total.